The van der Waals surface area contributed by atoms with E-state index in [1.165, 1.54) is 18.3 Å². The van der Waals surface area contributed by atoms with Gasteiger partial charge in [-0.3, -0.25) is 0 Å². The average Bonchev–Trinajstić information content (AvgIpc) is 2.70. The standard InChI is InChI=1S/C9H9F3N2/c10-7-6(2-1-3-14-7)8(5-13)4-9(8,11)12/h1-3H,4-5,13H2. The SMILES string of the molecule is NCC1(c2cccnc2F)CC1(F)F. The van der Waals surface area contributed by atoms with Gasteiger partial charge in [0, 0.05) is 24.7 Å². The van der Waals surface area contributed by atoms with E-state index in [0.717, 1.165) is 0 Å². The highest BCUT2D eigenvalue weighted by atomic mass is 19.3. The fourth-order valence-corrected chi connectivity index (χ4v) is 1.70. The van der Waals surface area contributed by atoms with E-state index in [-0.39, 0.29) is 18.5 Å². The lowest BCUT2D eigenvalue weighted by Crippen LogP contribution is -2.28. The molecule has 5 heteroatoms. The normalized spacial score (nSPS) is 28.9. The number of rotatable bonds is 2. The molecule has 0 aromatic carbocycles. The molecule has 1 aromatic rings. The van der Waals surface area contributed by atoms with Crippen molar-refractivity contribution in [2.24, 2.45) is 5.73 Å². The molecule has 76 valence electrons. The Morgan fingerprint density at radius 2 is 2.14 bits per heavy atom. The Labute approximate surface area is 78.9 Å². The van der Waals surface area contributed by atoms with Gasteiger partial charge in [-0.1, -0.05) is 6.07 Å². The van der Waals surface area contributed by atoms with E-state index >= 15 is 0 Å². The highest BCUT2D eigenvalue weighted by Crippen LogP contribution is 2.61. The summed E-state index contributed by atoms with van der Waals surface area (Å²) in [5.74, 6) is -3.75. The second kappa shape index (κ2) is 2.70. The van der Waals surface area contributed by atoms with Gasteiger partial charge in [0.2, 0.25) is 5.95 Å². The molecular weight excluding hydrogens is 193 g/mol. The van der Waals surface area contributed by atoms with Crippen molar-refractivity contribution in [2.45, 2.75) is 17.8 Å². The largest absolute Gasteiger partial charge is 0.329 e. The smallest absolute Gasteiger partial charge is 0.260 e. The van der Waals surface area contributed by atoms with Crippen LogP contribution in [0, 0.1) is 5.95 Å². The van der Waals surface area contributed by atoms with Crippen LogP contribution in [0.5, 0.6) is 0 Å². The molecule has 0 aliphatic heterocycles. The molecule has 0 radical (unpaired) electrons. The van der Waals surface area contributed by atoms with Gasteiger partial charge in [0.1, 0.15) is 0 Å². The average molecular weight is 202 g/mol. The maximum Gasteiger partial charge on any atom is 0.260 e. The molecule has 1 heterocycles. The Morgan fingerprint density at radius 1 is 1.50 bits per heavy atom. The predicted molar refractivity (Wildman–Crippen MR) is 44.5 cm³/mol. The maximum absolute atomic E-state index is 13.2. The van der Waals surface area contributed by atoms with Gasteiger partial charge < -0.3 is 5.73 Å². The van der Waals surface area contributed by atoms with Crippen molar-refractivity contribution in [3.05, 3.63) is 29.8 Å². The van der Waals surface area contributed by atoms with Crippen LogP contribution >= 0.6 is 0 Å². The summed E-state index contributed by atoms with van der Waals surface area (Å²) >= 11 is 0. The molecular formula is C9H9F3N2. The van der Waals surface area contributed by atoms with Crippen molar-refractivity contribution in [3.8, 4) is 0 Å². The molecule has 2 nitrogen and oxygen atoms in total. The number of pyridine rings is 1. The number of hydrogen-bond acceptors (Lipinski definition) is 2. The Kier molecular flexibility index (Phi) is 1.82. The Balaban J connectivity index is 2.46. The molecule has 1 aliphatic carbocycles. The third kappa shape index (κ3) is 1.05. The number of hydrogen-bond donors (Lipinski definition) is 1. The zero-order chi connectivity index (χ0) is 10.4. The summed E-state index contributed by atoms with van der Waals surface area (Å²) < 4.78 is 39.2. The van der Waals surface area contributed by atoms with Gasteiger partial charge in [-0.2, -0.15) is 4.39 Å². The third-order valence-corrected chi connectivity index (χ3v) is 2.72. The third-order valence-electron chi connectivity index (χ3n) is 2.72. The van der Waals surface area contributed by atoms with Crippen LogP contribution in [0.1, 0.15) is 12.0 Å². The van der Waals surface area contributed by atoms with Crippen LogP contribution in [0.4, 0.5) is 13.2 Å². The highest BCUT2D eigenvalue weighted by molar-refractivity contribution is 5.37. The second-order valence-electron chi connectivity index (χ2n) is 3.51. The first-order valence-corrected chi connectivity index (χ1v) is 4.22. The minimum atomic E-state index is -2.90. The lowest BCUT2D eigenvalue weighted by Gasteiger charge is -2.13. The zero-order valence-corrected chi connectivity index (χ0v) is 7.30. The van der Waals surface area contributed by atoms with Crippen molar-refractivity contribution in [3.63, 3.8) is 0 Å². The zero-order valence-electron chi connectivity index (χ0n) is 7.30. The van der Waals surface area contributed by atoms with Gasteiger partial charge in [0.25, 0.3) is 5.92 Å². The molecule has 1 aromatic heterocycles. The summed E-state index contributed by atoms with van der Waals surface area (Å²) in [6, 6.07) is 2.75. The molecule has 2 N–H and O–H groups in total. The molecule has 0 spiro atoms. The maximum atomic E-state index is 13.2. The van der Waals surface area contributed by atoms with Crippen LogP contribution in [-0.2, 0) is 5.41 Å². The van der Waals surface area contributed by atoms with Crippen LogP contribution in [0.2, 0.25) is 0 Å². The lowest BCUT2D eigenvalue weighted by molar-refractivity contribution is 0.0884. The predicted octanol–water partition coefficient (Wildman–Crippen LogP) is 1.46. The van der Waals surface area contributed by atoms with Crippen LogP contribution < -0.4 is 5.73 Å². The number of nitrogens with zero attached hydrogens (tertiary/aromatic N) is 1. The summed E-state index contributed by atoms with van der Waals surface area (Å²) in [6.07, 6.45) is 0.836. The molecule has 14 heavy (non-hydrogen) atoms. The van der Waals surface area contributed by atoms with Crippen LogP contribution in [0.25, 0.3) is 0 Å². The van der Waals surface area contributed by atoms with E-state index in [1.807, 2.05) is 0 Å². The van der Waals surface area contributed by atoms with Gasteiger partial charge in [0.05, 0.1) is 5.41 Å². The van der Waals surface area contributed by atoms with Crippen LogP contribution in [-0.4, -0.2) is 17.5 Å². The molecule has 1 saturated carbocycles. The summed E-state index contributed by atoms with van der Waals surface area (Å²) in [4.78, 5) is 3.34. The van der Waals surface area contributed by atoms with E-state index in [4.69, 9.17) is 5.73 Å². The van der Waals surface area contributed by atoms with E-state index in [0.29, 0.717) is 0 Å². The van der Waals surface area contributed by atoms with Gasteiger partial charge in [0.15, 0.2) is 0 Å². The summed E-state index contributed by atoms with van der Waals surface area (Å²) in [6.45, 7) is -0.261. The molecule has 0 saturated heterocycles. The van der Waals surface area contributed by atoms with Crippen molar-refractivity contribution in [1.82, 2.24) is 4.98 Å². The quantitative estimate of drug-likeness (QED) is 0.737. The number of aromatic nitrogens is 1. The van der Waals surface area contributed by atoms with E-state index in [2.05, 4.69) is 4.98 Å². The summed E-state index contributed by atoms with van der Waals surface area (Å²) in [7, 11) is 0. The Morgan fingerprint density at radius 3 is 2.57 bits per heavy atom. The van der Waals surface area contributed by atoms with Crippen molar-refractivity contribution in [1.29, 1.82) is 0 Å². The van der Waals surface area contributed by atoms with Crippen molar-refractivity contribution >= 4 is 0 Å². The number of halogens is 3. The number of alkyl halides is 2. The van der Waals surface area contributed by atoms with Gasteiger partial charge in [-0.05, 0) is 6.07 Å². The lowest BCUT2D eigenvalue weighted by atomic mass is 9.97. The van der Waals surface area contributed by atoms with E-state index in [9.17, 15) is 13.2 Å². The van der Waals surface area contributed by atoms with E-state index < -0.39 is 17.3 Å². The highest BCUT2D eigenvalue weighted by Gasteiger charge is 2.72. The van der Waals surface area contributed by atoms with Crippen molar-refractivity contribution in [2.75, 3.05) is 6.54 Å². The van der Waals surface area contributed by atoms with Crippen molar-refractivity contribution < 1.29 is 13.2 Å². The number of nitrogens with two attached hydrogens (primary N) is 1. The summed E-state index contributed by atoms with van der Waals surface area (Å²) in [5.41, 5.74) is 3.67. The Bertz CT molecular complexity index is 367. The molecule has 2 rings (SSSR count). The van der Waals surface area contributed by atoms with Crippen LogP contribution in [0.15, 0.2) is 18.3 Å². The molecule has 0 bridgehead atoms. The molecule has 1 atom stereocenters. The fourth-order valence-electron chi connectivity index (χ4n) is 1.70. The summed E-state index contributed by atoms with van der Waals surface area (Å²) in [5, 5.41) is 0. The molecule has 0 amide bonds. The minimum Gasteiger partial charge on any atom is -0.329 e. The molecule has 1 unspecified atom stereocenters. The second-order valence-corrected chi connectivity index (χ2v) is 3.51. The first-order valence-electron chi connectivity index (χ1n) is 4.22. The Hall–Kier alpha value is -1.10. The molecule has 1 aliphatic rings. The van der Waals surface area contributed by atoms with Gasteiger partial charge >= 0.3 is 0 Å². The van der Waals surface area contributed by atoms with Gasteiger partial charge in [-0.15, -0.1) is 0 Å². The monoisotopic (exact) mass is 202 g/mol. The first-order chi connectivity index (χ1) is 6.53. The van der Waals surface area contributed by atoms with Gasteiger partial charge in [-0.25, -0.2) is 13.8 Å². The fraction of sp³-hybridized carbons (Fsp3) is 0.444. The molecule has 1 fully saturated rings. The topological polar surface area (TPSA) is 38.9 Å². The first kappa shape index (κ1) is 9.45. The van der Waals surface area contributed by atoms with Crippen LogP contribution in [0.3, 0.4) is 0 Å². The van der Waals surface area contributed by atoms with E-state index in [1.54, 1.807) is 0 Å². The minimum absolute atomic E-state index is 0.0764.